The van der Waals surface area contributed by atoms with Gasteiger partial charge in [0.15, 0.2) is 0 Å². The summed E-state index contributed by atoms with van der Waals surface area (Å²) in [6, 6.07) is 2.53. The average Bonchev–Trinajstić information content (AvgIpc) is 3.27. The summed E-state index contributed by atoms with van der Waals surface area (Å²) in [6.45, 7) is 4.73. The number of anilines is 1. The van der Waals surface area contributed by atoms with Crippen molar-refractivity contribution in [1.29, 1.82) is 0 Å². The highest BCUT2D eigenvalue weighted by atomic mass is 16.5. The molecule has 7 nitrogen and oxygen atoms in total. The van der Waals surface area contributed by atoms with E-state index in [0.717, 1.165) is 42.8 Å². The summed E-state index contributed by atoms with van der Waals surface area (Å²) in [6.07, 6.45) is 5.83. The van der Waals surface area contributed by atoms with Crippen LogP contribution in [0.25, 0.3) is 11.0 Å². The number of esters is 1. The normalized spacial score (nSPS) is 26.1. The number of aromatic amines is 1. The molecule has 0 bridgehead atoms. The lowest BCUT2D eigenvalue weighted by Gasteiger charge is -2.27. The fraction of sp³-hybridized carbons (Fsp3) is 0.611. The van der Waals surface area contributed by atoms with Gasteiger partial charge in [-0.25, -0.2) is 9.97 Å². The molecule has 2 aromatic heterocycles. The zero-order valence-electron chi connectivity index (χ0n) is 14.8. The number of carbonyl (C=O) groups is 1. The highest BCUT2D eigenvalue weighted by Gasteiger charge is 2.42. The topological polar surface area (TPSA) is 74.3 Å². The molecule has 1 N–H and O–H groups in total. The summed E-state index contributed by atoms with van der Waals surface area (Å²) < 4.78 is 5.07. The summed E-state index contributed by atoms with van der Waals surface area (Å²) in [4.78, 5) is 28.2. The SMILES string of the molecule is CCOC(=O)CN1C[C@H]2C[C@H](N(C)c3ncnc4[nH]ccc34)C[C@H]2C1. The lowest BCUT2D eigenvalue weighted by Crippen LogP contribution is -2.34. The van der Waals surface area contributed by atoms with E-state index in [4.69, 9.17) is 4.74 Å². The van der Waals surface area contributed by atoms with E-state index in [2.05, 4.69) is 31.8 Å². The van der Waals surface area contributed by atoms with Crippen LogP contribution in [0.2, 0.25) is 0 Å². The summed E-state index contributed by atoms with van der Waals surface area (Å²) in [5.41, 5.74) is 0.885. The van der Waals surface area contributed by atoms with Crippen LogP contribution in [-0.2, 0) is 9.53 Å². The van der Waals surface area contributed by atoms with Crippen LogP contribution in [0, 0.1) is 11.8 Å². The van der Waals surface area contributed by atoms with Gasteiger partial charge in [-0.15, -0.1) is 0 Å². The predicted molar refractivity (Wildman–Crippen MR) is 95.4 cm³/mol. The fourth-order valence-corrected chi connectivity index (χ4v) is 4.51. The van der Waals surface area contributed by atoms with Crippen LogP contribution in [0.5, 0.6) is 0 Å². The Morgan fingerprint density at radius 3 is 2.84 bits per heavy atom. The van der Waals surface area contributed by atoms with Crippen LogP contribution < -0.4 is 4.90 Å². The molecule has 1 saturated heterocycles. The standard InChI is InChI=1S/C18H25N5O2/c1-3-25-16(24)10-23-8-12-6-14(7-13(12)9-23)22(2)18-15-4-5-19-17(15)20-11-21-18/h4-5,11-14H,3,6-10H2,1-2H3,(H,19,20,21)/t12-,13+,14+. The Morgan fingerprint density at radius 2 is 2.12 bits per heavy atom. The molecule has 3 atom stereocenters. The van der Waals surface area contributed by atoms with Crippen molar-refractivity contribution in [2.75, 3.05) is 38.2 Å². The maximum Gasteiger partial charge on any atom is 0.320 e. The largest absolute Gasteiger partial charge is 0.465 e. The Hall–Kier alpha value is -2.15. The molecule has 1 saturated carbocycles. The van der Waals surface area contributed by atoms with Crippen LogP contribution in [0.3, 0.4) is 0 Å². The Morgan fingerprint density at radius 1 is 1.36 bits per heavy atom. The molecule has 0 radical (unpaired) electrons. The molecule has 7 heteroatoms. The van der Waals surface area contributed by atoms with E-state index in [1.165, 1.54) is 0 Å². The number of aromatic nitrogens is 3. The van der Waals surface area contributed by atoms with Crippen LogP contribution in [0.1, 0.15) is 19.8 Å². The van der Waals surface area contributed by atoms with Gasteiger partial charge in [0.1, 0.15) is 17.8 Å². The molecule has 0 spiro atoms. The van der Waals surface area contributed by atoms with Crippen molar-refractivity contribution < 1.29 is 9.53 Å². The second-order valence-electron chi connectivity index (χ2n) is 7.19. The smallest absolute Gasteiger partial charge is 0.320 e. The highest BCUT2D eigenvalue weighted by Crippen LogP contribution is 2.41. The van der Waals surface area contributed by atoms with Gasteiger partial charge in [0, 0.05) is 32.4 Å². The zero-order valence-corrected chi connectivity index (χ0v) is 14.8. The number of likely N-dealkylation sites (tertiary alicyclic amines) is 1. The van der Waals surface area contributed by atoms with E-state index in [0.29, 0.717) is 31.0 Å². The van der Waals surface area contributed by atoms with Gasteiger partial charge in [0.2, 0.25) is 0 Å². The molecule has 0 unspecified atom stereocenters. The minimum atomic E-state index is -0.105. The van der Waals surface area contributed by atoms with Crippen molar-refractivity contribution >= 4 is 22.8 Å². The number of rotatable bonds is 5. The van der Waals surface area contributed by atoms with Gasteiger partial charge in [-0.2, -0.15) is 0 Å². The second kappa shape index (κ2) is 6.63. The fourth-order valence-electron chi connectivity index (χ4n) is 4.51. The molecule has 25 heavy (non-hydrogen) atoms. The third kappa shape index (κ3) is 3.08. The van der Waals surface area contributed by atoms with Crippen molar-refractivity contribution in [3.8, 4) is 0 Å². The van der Waals surface area contributed by atoms with E-state index < -0.39 is 0 Å². The Balaban J connectivity index is 1.40. The van der Waals surface area contributed by atoms with Crippen LogP contribution in [0.15, 0.2) is 18.6 Å². The average molecular weight is 343 g/mol. The highest BCUT2D eigenvalue weighted by molar-refractivity contribution is 5.87. The number of fused-ring (bicyclic) bond motifs is 2. The third-order valence-corrected chi connectivity index (χ3v) is 5.67. The molecule has 0 amide bonds. The van der Waals surface area contributed by atoms with E-state index in [-0.39, 0.29) is 5.97 Å². The lowest BCUT2D eigenvalue weighted by atomic mass is 10.0. The summed E-state index contributed by atoms with van der Waals surface area (Å²) in [5.74, 6) is 2.21. The van der Waals surface area contributed by atoms with E-state index in [1.807, 2.05) is 19.2 Å². The van der Waals surface area contributed by atoms with Gasteiger partial charge in [-0.3, -0.25) is 9.69 Å². The summed E-state index contributed by atoms with van der Waals surface area (Å²) >= 11 is 0. The van der Waals surface area contributed by atoms with Crippen molar-refractivity contribution in [1.82, 2.24) is 19.9 Å². The number of nitrogens with one attached hydrogen (secondary N) is 1. The number of hydrogen-bond donors (Lipinski definition) is 1. The Labute approximate surface area is 147 Å². The molecular formula is C18H25N5O2. The quantitative estimate of drug-likeness (QED) is 0.833. The van der Waals surface area contributed by atoms with Crippen molar-refractivity contribution in [3.63, 3.8) is 0 Å². The molecule has 0 aromatic carbocycles. The lowest BCUT2D eigenvalue weighted by molar-refractivity contribution is -0.144. The van der Waals surface area contributed by atoms with Crippen LogP contribution >= 0.6 is 0 Å². The molecule has 1 aliphatic carbocycles. The molecule has 1 aliphatic heterocycles. The molecule has 3 heterocycles. The maximum absolute atomic E-state index is 11.7. The first kappa shape index (κ1) is 16.3. The van der Waals surface area contributed by atoms with Crippen LogP contribution in [-0.4, -0.2) is 65.2 Å². The van der Waals surface area contributed by atoms with E-state index in [9.17, 15) is 4.79 Å². The van der Waals surface area contributed by atoms with E-state index >= 15 is 0 Å². The molecule has 2 fully saturated rings. The molecule has 134 valence electrons. The molecule has 4 rings (SSSR count). The van der Waals surface area contributed by atoms with Gasteiger partial charge in [0.25, 0.3) is 0 Å². The number of nitrogens with zero attached hydrogens (tertiary/aromatic N) is 4. The summed E-state index contributed by atoms with van der Waals surface area (Å²) in [5, 5.41) is 1.07. The van der Waals surface area contributed by atoms with Crippen molar-refractivity contribution in [2.24, 2.45) is 11.8 Å². The minimum absolute atomic E-state index is 0.105. The number of hydrogen-bond acceptors (Lipinski definition) is 6. The summed E-state index contributed by atoms with van der Waals surface area (Å²) in [7, 11) is 2.14. The van der Waals surface area contributed by atoms with Crippen LogP contribution in [0.4, 0.5) is 5.82 Å². The first-order valence-corrected chi connectivity index (χ1v) is 9.04. The molecule has 2 aromatic rings. The maximum atomic E-state index is 11.7. The van der Waals surface area contributed by atoms with Crippen molar-refractivity contribution in [3.05, 3.63) is 18.6 Å². The molecular weight excluding hydrogens is 318 g/mol. The van der Waals surface area contributed by atoms with Gasteiger partial charge >= 0.3 is 5.97 Å². The first-order valence-electron chi connectivity index (χ1n) is 9.04. The first-order chi connectivity index (χ1) is 12.2. The van der Waals surface area contributed by atoms with Crippen molar-refractivity contribution in [2.45, 2.75) is 25.8 Å². The predicted octanol–water partition coefficient (Wildman–Crippen LogP) is 1.67. The molecule has 2 aliphatic rings. The Bertz CT molecular complexity index is 747. The number of carbonyl (C=O) groups excluding carboxylic acids is 1. The Kier molecular flexibility index (Phi) is 4.33. The van der Waals surface area contributed by atoms with Gasteiger partial charge < -0.3 is 14.6 Å². The number of ether oxygens (including phenoxy) is 1. The zero-order chi connectivity index (χ0) is 17.4. The second-order valence-corrected chi connectivity index (χ2v) is 7.19. The minimum Gasteiger partial charge on any atom is -0.465 e. The van der Waals surface area contributed by atoms with Gasteiger partial charge in [-0.05, 0) is 37.7 Å². The third-order valence-electron chi connectivity index (χ3n) is 5.67. The van der Waals surface area contributed by atoms with Gasteiger partial charge in [-0.1, -0.05) is 0 Å². The monoisotopic (exact) mass is 343 g/mol. The van der Waals surface area contributed by atoms with Gasteiger partial charge in [0.05, 0.1) is 18.5 Å². The number of H-pyrrole nitrogens is 1. The van der Waals surface area contributed by atoms with E-state index in [1.54, 1.807) is 6.33 Å².